The summed E-state index contributed by atoms with van der Waals surface area (Å²) in [7, 11) is 0. The summed E-state index contributed by atoms with van der Waals surface area (Å²) in [4.78, 5) is 0. The molecule has 2 atom stereocenters. The zero-order valence-electron chi connectivity index (χ0n) is 5.34. The maximum Gasteiger partial charge on any atom is 0.112 e. The maximum absolute atomic E-state index is 5.18. The first-order valence-corrected chi connectivity index (χ1v) is 3.42. The third kappa shape index (κ3) is 0.956. The fraction of sp³-hybridized carbons (Fsp3) is 1.00. The number of ether oxygens (including phenoxy) is 1. The summed E-state index contributed by atoms with van der Waals surface area (Å²) in [6.07, 6.45) is 0. The molecule has 0 aromatic heterocycles. The Balaban J connectivity index is 1.97. The third-order valence-electron chi connectivity index (χ3n) is 2.04. The molecule has 2 aliphatic rings. The molecule has 2 fully saturated rings. The molecule has 2 heterocycles. The van der Waals surface area contributed by atoms with Gasteiger partial charge in [-0.3, -0.25) is 0 Å². The van der Waals surface area contributed by atoms with E-state index in [0.29, 0.717) is 18.7 Å². The van der Waals surface area contributed by atoms with Crippen LogP contribution < -0.4 is 10.6 Å². The number of hydrogen-bond donors (Lipinski definition) is 1. The number of nitrogens with one attached hydrogen (secondary N) is 1. The van der Waals surface area contributed by atoms with Gasteiger partial charge in [-0.1, -0.05) is 0 Å². The summed E-state index contributed by atoms with van der Waals surface area (Å²) in [6, 6.07) is 0.554. The Kier molecular flexibility index (Phi) is 1.41. The Bertz CT molecular complexity index is 95.2. The van der Waals surface area contributed by atoms with Gasteiger partial charge >= 0.3 is 0 Å². The summed E-state index contributed by atoms with van der Waals surface area (Å²) in [5.41, 5.74) is 0. The van der Waals surface area contributed by atoms with Crippen LogP contribution in [0.2, 0.25) is 0 Å². The number of hydrogen-bond acceptors (Lipinski definition) is 2. The molecule has 3 nitrogen and oxygen atoms in total. The van der Waals surface area contributed by atoms with E-state index in [1.165, 1.54) is 0 Å². The number of fused-ring (bicyclic) bond motifs is 1. The molecule has 3 heteroatoms. The van der Waals surface area contributed by atoms with E-state index in [0.717, 1.165) is 19.7 Å². The van der Waals surface area contributed by atoms with Crippen LogP contribution >= 0.6 is 0 Å². The van der Waals surface area contributed by atoms with E-state index in [-0.39, 0.29) is 0 Å². The highest BCUT2D eigenvalue weighted by Gasteiger charge is 2.30. The molecule has 0 aliphatic carbocycles. The third-order valence-corrected chi connectivity index (χ3v) is 2.04. The van der Waals surface area contributed by atoms with Crippen LogP contribution in [0.15, 0.2) is 0 Å². The van der Waals surface area contributed by atoms with E-state index < -0.39 is 0 Å². The smallest absolute Gasteiger partial charge is 0.112 e. The average molecular weight is 127 g/mol. The van der Waals surface area contributed by atoms with Crippen molar-refractivity contribution in [2.45, 2.75) is 6.04 Å². The average Bonchev–Trinajstić information content (AvgIpc) is 2.33. The number of rotatable bonds is 0. The molecule has 2 saturated heterocycles. The van der Waals surface area contributed by atoms with E-state index in [4.69, 9.17) is 4.74 Å². The molecule has 0 aromatic carbocycles. The Morgan fingerprint density at radius 2 is 2.44 bits per heavy atom. The second-order valence-corrected chi connectivity index (χ2v) is 2.67. The Morgan fingerprint density at radius 3 is 3.33 bits per heavy atom. The summed E-state index contributed by atoms with van der Waals surface area (Å²) in [6.45, 7) is 3.67. The van der Waals surface area contributed by atoms with Gasteiger partial charge < -0.3 is 10.1 Å². The van der Waals surface area contributed by atoms with Gasteiger partial charge in [-0.05, 0) is 0 Å². The summed E-state index contributed by atoms with van der Waals surface area (Å²) < 4.78 is 5.18. The quantitative estimate of drug-likeness (QED) is 0.461. The lowest BCUT2D eigenvalue weighted by atomic mass is 10.0. The second-order valence-electron chi connectivity index (χ2n) is 2.67. The first kappa shape index (κ1) is 5.65. The van der Waals surface area contributed by atoms with Gasteiger partial charge in [0.1, 0.15) is 6.73 Å². The SMILES string of the molecule is C1[N]C2CNCC2CO1. The van der Waals surface area contributed by atoms with Crippen molar-refractivity contribution in [2.24, 2.45) is 5.92 Å². The Morgan fingerprint density at radius 1 is 1.44 bits per heavy atom. The van der Waals surface area contributed by atoms with Crippen LogP contribution in [0.1, 0.15) is 0 Å². The predicted octanol–water partition coefficient (Wildman–Crippen LogP) is -0.833. The fourth-order valence-corrected chi connectivity index (χ4v) is 1.46. The molecule has 0 aromatic rings. The maximum atomic E-state index is 5.18. The van der Waals surface area contributed by atoms with Crippen molar-refractivity contribution in [1.29, 1.82) is 0 Å². The molecule has 0 bridgehead atoms. The normalized spacial score (nSPS) is 42.7. The van der Waals surface area contributed by atoms with E-state index >= 15 is 0 Å². The van der Waals surface area contributed by atoms with Crippen molar-refractivity contribution in [1.82, 2.24) is 10.6 Å². The predicted molar refractivity (Wildman–Crippen MR) is 33.1 cm³/mol. The molecule has 51 valence electrons. The molecule has 2 aliphatic heterocycles. The minimum atomic E-state index is 0.554. The lowest BCUT2D eigenvalue weighted by Gasteiger charge is -2.23. The van der Waals surface area contributed by atoms with Crippen molar-refractivity contribution < 1.29 is 4.74 Å². The van der Waals surface area contributed by atoms with Crippen LogP contribution in [-0.2, 0) is 4.74 Å². The molecular weight excluding hydrogens is 116 g/mol. The van der Waals surface area contributed by atoms with Crippen LogP contribution in [0.25, 0.3) is 0 Å². The van der Waals surface area contributed by atoms with Gasteiger partial charge in [0.15, 0.2) is 0 Å². The van der Waals surface area contributed by atoms with E-state index in [9.17, 15) is 0 Å². The minimum absolute atomic E-state index is 0.554. The Hall–Kier alpha value is -0.120. The van der Waals surface area contributed by atoms with Gasteiger partial charge in [-0.15, -0.1) is 0 Å². The lowest BCUT2D eigenvalue weighted by molar-refractivity contribution is 0.0313. The van der Waals surface area contributed by atoms with Crippen molar-refractivity contribution in [3.8, 4) is 0 Å². The molecule has 1 radical (unpaired) electrons. The molecular formula is C6H11N2O. The van der Waals surface area contributed by atoms with Gasteiger partial charge in [0, 0.05) is 25.0 Å². The lowest BCUT2D eigenvalue weighted by Crippen LogP contribution is -2.39. The van der Waals surface area contributed by atoms with Crippen LogP contribution in [0.5, 0.6) is 0 Å². The first-order chi connectivity index (χ1) is 4.47. The first-order valence-electron chi connectivity index (χ1n) is 3.42. The van der Waals surface area contributed by atoms with Crippen molar-refractivity contribution in [3.05, 3.63) is 0 Å². The highest BCUT2D eigenvalue weighted by Crippen LogP contribution is 2.13. The Labute approximate surface area is 54.8 Å². The van der Waals surface area contributed by atoms with Gasteiger partial charge in [-0.2, -0.15) is 0 Å². The monoisotopic (exact) mass is 127 g/mol. The van der Waals surface area contributed by atoms with Crippen LogP contribution in [0, 0.1) is 5.92 Å². The van der Waals surface area contributed by atoms with Gasteiger partial charge in [0.05, 0.1) is 6.61 Å². The highest BCUT2D eigenvalue weighted by molar-refractivity contribution is 4.87. The van der Waals surface area contributed by atoms with Crippen LogP contribution in [0.4, 0.5) is 0 Å². The number of nitrogens with zero attached hydrogens (tertiary/aromatic N) is 1. The molecule has 0 amide bonds. The van der Waals surface area contributed by atoms with Crippen molar-refractivity contribution in [3.63, 3.8) is 0 Å². The highest BCUT2D eigenvalue weighted by atomic mass is 16.5. The molecule has 2 rings (SSSR count). The van der Waals surface area contributed by atoms with E-state index in [2.05, 4.69) is 10.6 Å². The van der Waals surface area contributed by atoms with Gasteiger partial charge in [0.2, 0.25) is 0 Å². The second kappa shape index (κ2) is 2.25. The van der Waals surface area contributed by atoms with Crippen LogP contribution in [0.3, 0.4) is 0 Å². The van der Waals surface area contributed by atoms with E-state index in [1.807, 2.05) is 0 Å². The van der Waals surface area contributed by atoms with E-state index in [1.54, 1.807) is 0 Å². The molecule has 9 heavy (non-hydrogen) atoms. The van der Waals surface area contributed by atoms with Crippen LogP contribution in [-0.4, -0.2) is 32.5 Å². The fourth-order valence-electron chi connectivity index (χ4n) is 1.46. The van der Waals surface area contributed by atoms with Gasteiger partial charge in [0.25, 0.3) is 0 Å². The zero-order valence-corrected chi connectivity index (χ0v) is 5.34. The van der Waals surface area contributed by atoms with Crippen molar-refractivity contribution >= 4 is 0 Å². The molecule has 1 N–H and O–H groups in total. The zero-order chi connectivity index (χ0) is 6.10. The van der Waals surface area contributed by atoms with Crippen molar-refractivity contribution in [2.75, 3.05) is 26.4 Å². The molecule has 2 unspecified atom stereocenters. The molecule has 0 spiro atoms. The summed E-state index contributed by atoms with van der Waals surface area (Å²) in [5, 5.41) is 7.60. The minimum Gasteiger partial charge on any atom is -0.364 e. The standard InChI is InChI=1S/C6H11N2O/c1-5-3-9-4-8-6(5)2-7-1/h5-7H,1-4H2. The topological polar surface area (TPSA) is 35.4 Å². The summed E-state index contributed by atoms with van der Waals surface area (Å²) >= 11 is 0. The van der Waals surface area contributed by atoms with Gasteiger partial charge in [-0.25, -0.2) is 5.32 Å². The largest absolute Gasteiger partial charge is 0.364 e. The molecule has 0 saturated carbocycles. The summed E-state index contributed by atoms with van der Waals surface area (Å²) in [5.74, 6) is 0.666.